The molecule has 0 aliphatic carbocycles. The average molecular weight is 243 g/mol. The van der Waals surface area contributed by atoms with Crippen LogP contribution in [-0.2, 0) is 13.5 Å². The van der Waals surface area contributed by atoms with Crippen LogP contribution in [-0.4, -0.2) is 4.57 Å². The first-order valence-corrected chi connectivity index (χ1v) is 7.36. The monoisotopic (exact) mass is 243 g/mol. The van der Waals surface area contributed by atoms with Gasteiger partial charge in [-0.1, -0.05) is 57.2 Å². The Balaban J connectivity index is 1.88. The van der Waals surface area contributed by atoms with Crippen molar-refractivity contribution in [3.8, 4) is 0 Å². The zero-order valence-electron chi connectivity index (χ0n) is 11.8. The van der Waals surface area contributed by atoms with E-state index in [1.165, 1.54) is 61.4 Å². The molecule has 0 saturated heterocycles. The van der Waals surface area contributed by atoms with Crippen molar-refractivity contribution >= 4 is 10.9 Å². The van der Waals surface area contributed by atoms with Crippen LogP contribution < -0.4 is 0 Å². The molecule has 0 aliphatic rings. The summed E-state index contributed by atoms with van der Waals surface area (Å²) in [6, 6.07) is 8.73. The number of aryl methyl sites for hydroxylation is 2. The van der Waals surface area contributed by atoms with Crippen LogP contribution in [0.3, 0.4) is 0 Å². The second kappa shape index (κ2) is 6.63. The molecule has 0 saturated carbocycles. The average Bonchev–Trinajstić information content (AvgIpc) is 2.71. The van der Waals surface area contributed by atoms with Crippen LogP contribution in [0.1, 0.15) is 51.0 Å². The second-order valence-corrected chi connectivity index (χ2v) is 5.30. The summed E-state index contributed by atoms with van der Waals surface area (Å²) in [5.41, 5.74) is 2.88. The fourth-order valence-corrected chi connectivity index (χ4v) is 2.72. The Bertz CT molecular complexity index is 481. The van der Waals surface area contributed by atoms with Gasteiger partial charge in [0.05, 0.1) is 0 Å². The fraction of sp³-hybridized carbons (Fsp3) is 0.529. The molecule has 0 fully saturated rings. The zero-order valence-corrected chi connectivity index (χ0v) is 11.8. The summed E-state index contributed by atoms with van der Waals surface area (Å²) in [5, 5.41) is 1.44. The lowest BCUT2D eigenvalue weighted by Gasteiger charge is -2.00. The molecule has 18 heavy (non-hydrogen) atoms. The highest BCUT2D eigenvalue weighted by Crippen LogP contribution is 2.22. The maximum absolute atomic E-state index is 2.30. The molecular weight excluding hydrogens is 218 g/mol. The summed E-state index contributed by atoms with van der Waals surface area (Å²) in [7, 11) is 2.15. The molecule has 1 aromatic carbocycles. The van der Waals surface area contributed by atoms with Crippen molar-refractivity contribution in [2.24, 2.45) is 7.05 Å². The van der Waals surface area contributed by atoms with Gasteiger partial charge < -0.3 is 4.57 Å². The zero-order chi connectivity index (χ0) is 12.8. The minimum Gasteiger partial charge on any atom is -0.350 e. The van der Waals surface area contributed by atoms with Crippen molar-refractivity contribution in [1.29, 1.82) is 0 Å². The highest BCUT2D eigenvalue weighted by Gasteiger charge is 2.04. The molecule has 0 amide bonds. The van der Waals surface area contributed by atoms with Gasteiger partial charge in [0, 0.05) is 24.1 Å². The van der Waals surface area contributed by atoms with E-state index in [1.54, 1.807) is 0 Å². The molecule has 0 N–H and O–H groups in total. The summed E-state index contributed by atoms with van der Waals surface area (Å²) >= 11 is 0. The smallest absolute Gasteiger partial charge is 0.0480 e. The number of hydrogen-bond acceptors (Lipinski definition) is 0. The van der Waals surface area contributed by atoms with Crippen LogP contribution in [0.15, 0.2) is 30.5 Å². The highest BCUT2D eigenvalue weighted by molar-refractivity contribution is 5.83. The molecule has 0 unspecified atom stereocenters. The van der Waals surface area contributed by atoms with E-state index in [2.05, 4.69) is 49.0 Å². The first-order valence-electron chi connectivity index (χ1n) is 7.36. The molecular formula is C17H25N. The first-order chi connectivity index (χ1) is 8.83. The number of fused-ring (bicyclic) bond motifs is 1. The van der Waals surface area contributed by atoms with Gasteiger partial charge in [0.2, 0.25) is 0 Å². The van der Waals surface area contributed by atoms with Crippen LogP contribution in [0.2, 0.25) is 0 Å². The summed E-state index contributed by atoms with van der Waals surface area (Å²) < 4.78 is 2.25. The molecule has 0 spiro atoms. The number of unbranched alkanes of at least 4 members (excludes halogenated alkanes) is 5. The molecule has 1 heteroatoms. The molecule has 0 atom stereocenters. The Hall–Kier alpha value is -1.24. The molecule has 1 nitrogen and oxygen atoms in total. The van der Waals surface area contributed by atoms with Crippen LogP contribution in [0.4, 0.5) is 0 Å². The molecule has 1 aromatic heterocycles. The Labute approximate surface area is 111 Å². The summed E-state index contributed by atoms with van der Waals surface area (Å²) in [6.45, 7) is 2.27. The number of aromatic nitrogens is 1. The van der Waals surface area contributed by atoms with Crippen LogP contribution >= 0.6 is 0 Å². The van der Waals surface area contributed by atoms with Gasteiger partial charge in [0.1, 0.15) is 0 Å². The van der Waals surface area contributed by atoms with Crippen LogP contribution in [0.25, 0.3) is 10.9 Å². The van der Waals surface area contributed by atoms with Crippen molar-refractivity contribution in [2.45, 2.75) is 51.9 Å². The third-order valence-corrected chi connectivity index (χ3v) is 3.78. The first kappa shape index (κ1) is 13.2. The van der Waals surface area contributed by atoms with E-state index in [1.807, 2.05) is 0 Å². The van der Waals surface area contributed by atoms with E-state index in [0.717, 1.165) is 0 Å². The SMILES string of the molecule is CCCCCCCCc1cn(C)c2ccccc12. The van der Waals surface area contributed by atoms with Crippen LogP contribution in [0.5, 0.6) is 0 Å². The largest absolute Gasteiger partial charge is 0.350 e. The Kier molecular flexibility index (Phi) is 4.86. The Morgan fingerprint density at radius 2 is 1.67 bits per heavy atom. The van der Waals surface area contributed by atoms with Gasteiger partial charge in [0.15, 0.2) is 0 Å². The lowest BCUT2D eigenvalue weighted by molar-refractivity contribution is 0.608. The lowest BCUT2D eigenvalue weighted by atomic mass is 10.0. The number of para-hydroxylation sites is 1. The quantitative estimate of drug-likeness (QED) is 0.597. The van der Waals surface area contributed by atoms with Gasteiger partial charge in [-0.25, -0.2) is 0 Å². The van der Waals surface area contributed by atoms with Gasteiger partial charge in [-0.2, -0.15) is 0 Å². The predicted molar refractivity (Wildman–Crippen MR) is 80.0 cm³/mol. The molecule has 98 valence electrons. The van der Waals surface area contributed by atoms with E-state index in [4.69, 9.17) is 0 Å². The molecule has 0 bridgehead atoms. The third kappa shape index (κ3) is 3.16. The van der Waals surface area contributed by atoms with Crippen molar-refractivity contribution in [3.63, 3.8) is 0 Å². The van der Waals surface area contributed by atoms with E-state index < -0.39 is 0 Å². The van der Waals surface area contributed by atoms with Crippen molar-refractivity contribution < 1.29 is 0 Å². The molecule has 0 aliphatic heterocycles. The normalized spacial score (nSPS) is 11.2. The maximum Gasteiger partial charge on any atom is 0.0480 e. The van der Waals surface area contributed by atoms with Gasteiger partial charge >= 0.3 is 0 Å². The number of rotatable bonds is 7. The second-order valence-electron chi connectivity index (χ2n) is 5.30. The van der Waals surface area contributed by atoms with E-state index in [0.29, 0.717) is 0 Å². The van der Waals surface area contributed by atoms with Crippen molar-refractivity contribution in [1.82, 2.24) is 4.57 Å². The van der Waals surface area contributed by atoms with Crippen LogP contribution in [0, 0.1) is 0 Å². The van der Waals surface area contributed by atoms with E-state index in [-0.39, 0.29) is 0 Å². The highest BCUT2D eigenvalue weighted by atomic mass is 14.9. The lowest BCUT2D eigenvalue weighted by Crippen LogP contribution is -1.85. The van der Waals surface area contributed by atoms with E-state index >= 15 is 0 Å². The van der Waals surface area contributed by atoms with Gasteiger partial charge in [-0.3, -0.25) is 0 Å². The number of benzene rings is 1. The topological polar surface area (TPSA) is 4.93 Å². The van der Waals surface area contributed by atoms with Crippen molar-refractivity contribution in [2.75, 3.05) is 0 Å². The summed E-state index contributed by atoms with van der Waals surface area (Å²) in [4.78, 5) is 0. The summed E-state index contributed by atoms with van der Waals surface area (Å²) in [6.07, 6.45) is 11.8. The minimum absolute atomic E-state index is 1.23. The molecule has 2 rings (SSSR count). The van der Waals surface area contributed by atoms with Gasteiger partial charge in [0.25, 0.3) is 0 Å². The van der Waals surface area contributed by atoms with Crippen molar-refractivity contribution in [3.05, 3.63) is 36.0 Å². The standard InChI is InChI=1S/C17H25N/c1-3-4-5-6-7-8-11-15-14-18(2)17-13-10-9-12-16(15)17/h9-10,12-14H,3-8,11H2,1-2H3. The number of hydrogen-bond donors (Lipinski definition) is 0. The van der Waals surface area contributed by atoms with Gasteiger partial charge in [-0.05, 0) is 24.5 Å². The third-order valence-electron chi connectivity index (χ3n) is 3.78. The predicted octanol–water partition coefficient (Wildman–Crippen LogP) is 5.08. The minimum atomic E-state index is 1.23. The number of nitrogens with zero attached hydrogens (tertiary/aromatic N) is 1. The fourth-order valence-electron chi connectivity index (χ4n) is 2.72. The maximum atomic E-state index is 2.30. The molecule has 0 radical (unpaired) electrons. The summed E-state index contributed by atoms with van der Waals surface area (Å²) in [5.74, 6) is 0. The Morgan fingerprint density at radius 3 is 2.50 bits per heavy atom. The van der Waals surface area contributed by atoms with Gasteiger partial charge in [-0.15, -0.1) is 0 Å². The molecule has 1 heterocycles. The van der Waals surface area contributed by atoms with E-state index in [9.17, 15) is 0 Å². The Morgan fingerprint density at radius 1 is 0.944 bits per heavy atom. The molecule has 2 aromatic rings.